The van der Waals surface area contributed by atoms with Gasteiger partial charge >= 0.3 is 0 Å². The molecule has 0 unspecified atom stereocenters. The molecule has 2 saturated heterocycles. The number of aliphatic hydroxyl groups excluding tert-OH is 6. The maximum atomic E-state index is 11.6. The lowest BCUT2D eigenvalue weighted by Crippen LogP contribution is -2.67. The van der Waals surface area contributed by atoms with Crippen LogP contribution >= 0.6 is 0 Å². The van der Waals surface area contributed by atoms with Crippen LogP contribution in [0.2, 0.25) is 0 Å². The molecule has 0 aromatic heterocycles. The Morgan fingerprint density at radius 1 is 0.882 bits per heavy atom. The number of amides is 1. The highest BCUT2D eigenvalue weighted by molar-refractivity contribution is 5.73. The molecular formula is C21H31NO12. The minimum Gasteiger partial charge on any atom is -0.497 e. The molecule has 34 heavy (non-hydrogen) atoms. The second kappa shape index (κ2) is 11.6. The molecule has 0 saturated carbocycles. The summed E-state index contributed by atoms with van der Waals surface area (Å²) in [5.74, 6) is 0.314. The van der Waals surface area contributed by atoms with Gasteiger partial charge in [-0.2, -0.15) is 0 Å². The van der Waals surface area contributed by atoms with Gasteiger partial charge in [-0.25, -0.2) is 0 Å². The lowest BCUT2D eigenvalue weighted by atomic mass is 9.95. The van der Waals surface area contributed by atoms with Crippen LogP contribution < -0.4 is 14.8 Å². The number of aliphatic hydroxyl groups is 6. The van der Waals surface area contributed by atoms with Gasteiger partial charge in [0.05, 0.1) is 20.3 Å². The molecular weight excluding hydrogens is 458 g/mol. The van der Waals surface area contributed by atoms with E-state index in [2.05, 4.69) is 5.32 Å². The van der Waals surface area contributed by atoms with Gasteiger partial charge in [-0.3, -0.25) is 4.79 Å². The number of ether oxygens (including phenoxy) is 5. The normalized spacial score (nSPS) is 38.2. The van der Waals surface area contributed by atoms with Gasteiger partial charge in [0.1, 0.15) is 60.3 Å². The summed E-state index contributed by atoms with van der Waals surface area (Å²) < 4.78 is 27.5. The van der Waals surface area contributed by atoms with Crippen molar-refractivity contribution in [3.8, 4) is 11.5 Å². The fourth-order valence-electron chi connectivity index (χ4n) is 3.85. The first kappa shape index (κ1) is 26.5. The Bertz CT molecular complexity index is 792. The molecule has 0 spiro atoms. The van der Waals surface area contributed by atoms with E-state index in [1.54, 1.807) is 24.3 Å². The average Bonchev–Trinajstić information content (AvgIpc) is 2.83. The molecule has 2 aliphatic heterocycles. The summed E-state index contributed by atoms with van der Waals surface area (Å²) in [7, 11) is 1.50. The molecule has 7 N–H and O–H groups in total. The first-order valence-electron chi connectivity index (χ1n) is 10.7. The first-order chi connectivity index (χ1) is 16.2. The third-order valence-corrected chi connectivity index (χ3v) is 5.67. The number of methoxy groups -OCH3 is 1. The fraction of sp³-hybridized carbons (Fsp3) is 0.667. The zero-order valence-corrected chi connectivity index (χ0v) is 18.6. The van der Waals surface area contributed by atoms with Crippen LogP contribution in [-0.2, 0) is 19.0 Å². The third kappa shape index (κ3) is 5.76. The second-order valence-electron chi connectivity index (χ2n) is 8.03. The van der Waals surface area contributed by atoms with E-state index < -0.39 is 80.5 Å². The van der Waals surface area contributed by atoms with E-state index in [0.717, 1.165) is 0 Å². The number of hydrogen-bond donors (Lipinski definition) is 7. The zero-order chi connectivity index (χ0) is 25.0. The van der Waals surface area contributed by atoms with Crippen LogP contribution in [0.15, 0.2) is 24.3 Å². The van der Waals surface area contributed by atoms with Crippen molar-refractivity contribution in [3.63, 3.8) is 0 Å². The van der Waals surface area contributed by atoms with Gasteiger partial charge in [0.25, 0.3) is 0 Å². The molecule has 13 heteroatoms. The molecule has 2 aliphatic rings. The molecule has 10 atom stereocenters. The van der Waals surface area contributed by atoms with Crippen LogP contribution in [0.4, 0.5) is 0 Å². The summed E-state index contributed by atoms with van der Waals surface area (Å²) in [6.45, 7) is -0.143. The van der Waals surface area contributed by atoms with Crippen LogP contribution in [-0.4, -0.2) is 118 Å². The molecule has 2 fully saturated rings. The highest BCUT2D eigenvalue weighted by Crippen LogP contribution is 2.30. The Morgan fingerprint density at radius 3 is 2.03 bits per heavy atom. The summed E-state index contributed by atoms with van der Waals surface area (Å²) in [6.07, 6.45) is -13.1. The Labute approximate surface area is 195 Å². The molecule has 1 aromatic rings. The number of hydrogen-bond acceptors (Lipinski definition) is 12. The van der Waals surface area contributed by atoms with Crippen LogP contribution in [0.25, 0.3) is 0 Å². The van der Waals surface area contributed by atoms with E-state index in [1.165, 1.54) is 14.0 Å². The van der Waals surface area contributed by atoms with Crippen molar-refractivity contribution < 1.29 is 59.1 Å². The third-order valence-electron chi connectivity index (χ3n) is 5.67. The zero-order valence-electron chi connectivity index (χ0n) is 18.6. The van der Waals surface area contributed by atoms with Gasteiger partial charge in [0, 0.05) is 6.92 Å². The molecule has 13 nitrogen and oxygen atoms in total. The lowest BCUT2D eigenvalue weighted by molar-refractivity contribution is -0.337. The van der Waals surface area contributed by atoms with E-state index in [0.29, 0.717) is 11.5 Å². The molecule has 3 rings (SSSR count). The number of rotatable bonds is 8. The fourth-order valence-corrected chi connectivity index (χ4v) is 3.85. The summed E-state index contributed by atoms with van der Waals surface area (Å²) in [5, 5.41) is 63.6. The Hall–Kier alpha value is -2.07. The van der Waals surface area contributed by atoms with Crippen molar-refractivity contribution in [2.75, 3.05) is 20.3 Å². The highest BCUT2D eigenvalue weighted by Gasteiger charge is 2.51. The van der Waals surface area contributed by atoms with E-state index in [9.17, 15) is 35.4 Å². The number of carbonyl (C=O) groups is 1. The second-order valence-corrected chi connectivity index (χ2v) is 8.03. The monoisotopic (exact) mass is 489 g/mol. The Morgan fingerprint density at radius 2 is 1.47 bits per heavy atom. The minimum atomic E-state index is -1.65. The van der Waals surface area contributed by atoms with E-state index >= 15 is 0 Å². The first-order valence-corrected chi connectivity index (χ1v) is 10.7. The topological polar surface area (TPSA) is 197 Å². The molecule has 0 aliphatic carbocycles. The van der Waals surface area contributed by atoms with Gasteiger partial charge in [0.2, 0.25) is 12.2 Å². The number of nitrogens with one attached hydrogen (secondary N) is 1. The van der Waals surface area contributed by atoms with Gasteiger partial charge in [-0.05, 0) is 24.3 Å². The standard InChI is InChI=1S/C21H31NO12/c1-9(25)22-14-16(27)15(26)12(7-23)32-20(14)34-19-13(8-24)33-21(18(29)17(19)28)31-11-5-3-10(30-2)4-6-11/h3-6,12-21,23-24,26-29H,7-8H2,1-2H3,(H,22,25)/t12-,13-,14-,15-,16-,17-,18-,19+,20-,21-/m1/s1. The van der Waals surface area contributed by atoms with Crippen LogP contribution in [0.5, 0.6) is 11.5 Å². The summed E-state index contributed by atoms with van der Waals surface area (Å²) in [6, 6.07) is 5.08. The van der Waals surface area contributed by atoms with Crippen LogP contribution in [0.1, 0.15) is 6.92 Å². The van der Waals surface area contributed by atoms with Gasteiger partial charge < -0.3 is 59.6 Å². The van der Waals surface area contributed by atoms with Crippen molar-refractivity contribution in [1.29, 1.82) is 0 Å². The summed E-state index contributed by atoms with van der Waals surface area (Å²) in [4.78, 5) is 11.6. The van der Waals surface area contributed by atoms with Crippen molar-refractivity contribution in [1.82, 2.24) is 5.32 Å². The van der Waals surface area contributed by atoms with Crippen molar-refractivity contribution >= 4 is 5.91 Å². The largest absolute Gasteiger partial charge is 0.497 e. The van der Waals surface area contributed by atoms with E-state index in [1.807, 2.05) is 0 Å². The molecule has 1 aromatic carbocycles. The van der Waals surface area contributed by atoms with Gasteiger partial charge in [0.15, 0.2) is 6.29 Å². The quantitative estimate of drug-likeness (QED) is 0.194. The van der Waals surface area contributed by atoms with Gasteiger partial charge in [-0.15, -0.1) is 0 Å². The molecule has 1 amide bonds. The molecule has 2 heterocycles. The highest BCUT2D eigenvalue weighted by atomic mass is 16.7. The average molecular weight is 489 g/mol. The minimum absolute atomic E-state index is 0.303. The molecule has 0 bridgehead atoms. The predicted molar refractivity (Wildman–Crippen MR) is 112 cm³/mol. The van der Waals surface area contributed by atoms with Crippen molar-refractivity contribution in [2.45, 2.75) is 68.3 Å². The smallest absolute Gasteiger partial charge is 0.229 e. The number of benzene rings is 1. The molecule has 192 valence electrons. The van der Waals surface area contributed by atoms with Crippen molar-refractivity contribution in [2.24, 2.45) is 0 Å². The van der Waals surface area contributed by atoms with E-state index in [-0.39, 0.29) is 0 Å². The van der Waals surface area contributed by atoms with E-state index in [4.69, 9.17) is 23.7 Å². The maximum Gasteiger partial charge on any atom is 0.229 e. The van der Waals surface area contributed by atoms with Crippen LogP contribution in [0, 0.1) is 0 Å². The number of carbonyl (C=O) groups excluding carboxylic acids is 1. The van der Waals surface area contributed by atoms with Crippen molar-refractivity contribution in [3.05, 3.63) is 24.3 Å². The Balaban J connectivity index is 1.75. The van der Waals surface area contributed by atoms with Gasteiger partial charge in [-0.1, -0.05) is 0 Å². The maximum absolute atomic E-state index is 11.6. The molecule has 0 radical (unpaired) electrons. The van der Waals surface area contributed by atoms with Crippen LogP contribution in [0.3, 0.4) is 0 Å². The Kier molecular flexibility index (Phi) is 9.03. The lowest BCUT2D eigenvalue weighted by Gasteiger charge is -2.47. The summed E-state index contributed by atoms with van der Waals surface area (Å²) in [5.41, 5.74) is 0. The SMILES string of the molecule is COc1ccc(O[C@@H]2O[C@H](CO)[C@H](O[C@H]3O[C@H](CO)[C@@H](O)[C@H](O)[C@H]3NC(C)=O)[C@H](O)[C@H]2O)cc1. The predicted octanol–water partition coefficient (Wildman–Crippen LogP) is -3.16. The summed E-state index contributed by atoms with van der Waals surface area (Å²) >= 11 is 0.